The molecule has 1 unspecified atom stereocenters. The molecule has 0 aliphatic carbocycles. The van der Waals surface area contributed by atoms with E-state index < -0.39 is 6.10 Å². The Labute approximate surface area is 148 Å². The van der Waals surface area contributed by atoms with Gasteiger partial charge in [-0.2, -0.15) is 0 Å². The molecule has 132 valence electrons. The van der Waals surface area contributed by atoms with Crippen LogP contribution >= 0.6 is 15.9 Å². The summed E-state index contributed by atoms with van der Waals surface area (Å²) in [5, 5.41) is 0. The van der Waals surface area contributed by atoms with Gasteiger partial charge in [0.15, 0.2) is 6.10 Å². The SMILES string of the molecule is COC(=O)N1CCCN(C(=O)C(C)Oc2ccc(F)cc2Br)CC1. The van der Waals surface area contributed by atoms with Crippen molar-refractivity contribution in [3.8, 4) is 5.75 Å². The molecule has 1 aromatic carbocycles. The lowest BCUT2D eigenvalue weighted by molar-refractivity contribution is -0.137. The number of hydrogen-bond acceptors (Lipinski definition) is 4. The first kappa shape index (κ1) is 18.5. The van der Waals surface area contributed by atoms with E-state index in [1.807, 2.05) is 0 Å². The molecule has 1 fully saturated rings. The maximum Gasteiger partial charge on any atom is 0.409 e. The van der Waals surface area contributed by atoms with Gasteiger partial charge >= 0.3 is 6.09 Å². The zero-order valence-corrected chi connectivity index (χ0v) is 15.2. The summed E-state index contributed by atoms with van der Waals surface area (Å²) in [6, 6.07) is 4.04. The van der Waals surface area contributed by atoms with Crippen molar-refractivity contribution in [2.75, 3.05) is 33.3 Å². The van der Waals surface area contributed by atoms with Crippen LogP contribution in [0.4, 0.5) is 9.18 Å². The quantitative estimate of drug-likeness (QED) is 0.779. The maximum atomic E-state index is 13.1. The Morgan fingerprint density at radius 2 is 1.88 bits per heavy atom. The highest BCUT2D eigenvalue weighted by Crippen LogP contribution is 2.26. The molecular formula is C16H20BrFN2O4. The summed E-state index contributed by atoms with van der Waals surface area (Å²) in [5.41, 5.74) is 0. The van der Waals surface area contributed by atoms with Crippen LogP contribution in [0.25, 0.3) is 0 Å². The molecule has 0 radical (unpaired) electrons. The largest absolute Gasteiger partial charge is 0.480 e. The summed E-state index contributed by atoms with van der Waals surface area (Å²) >= 11 is 3.22. The van der Waals surface area contributed by atoms with Crippen molar-refractivity contribution >= 4 is 27.9 Å². The third-order valence-electron chi connectivity index (χ3n) is 3.79. The Hall–Kier alpha value is -1.83. The monoisotopic (exact) mass is 402 g/mol. The first-order valence-electron chi connectivity index (χ1n) is 7.65. The molecule has 1 aliphatic heterocycles. The summed E-state index contributed by atoms with van der Waals surface area (Å²) < 4.78 is 23.9. The van der Waals surface area contributed by atoms with Crippen molar-refractivity contribution in [3.05, 3.63) is 28.5 Å². The molecule has 0 aromatic heterocycles. The minimum absolute atomic E-state index is 0.169. The van der Waals surface area contributed by atoms with E-state index in [9.17, 15) is 14.0 Å². The molecule has 6 nitrogen and oxygen atoms in total. The van der Waals surface area contributed by atoms with E-state index in [0.717, 1.165) is 0 Å². The molecule has 0 spiro atoms. The Bertz CT molecular complexity index is 614. The van der Waals surface area contributed by atoms with E-state index in [1.165, 1.54) is 25.3 Å². The summed E-state index contributed by atoms with van der Waals surface area (Å²) in [6.07, 6.45) is -0.423. The number of carbonyl (C=O) groups is 2. The molecule has 1 atom stereocenters. The lowest BCUT2D eigenvalue weighted by Crippen LogP contribution is -2.43. The van der Waals surface area contributed by atoms with Crippen molar-refractivity contribution < 1.29 is 23.5 Å². The molecule has 0 saturated carbocycles. The second-order valence-electron chi connectivity index (χ2n) is 5.47. The Morgan fingerprint density at radius 3 is 2.54 bits per heavy atom. The summed E-state index contributed by atoms with van der Waals surface area (Å²) in [7, 11) is 1.34. The number of amides is 2. The third-order valence-corrected chi connectivity index (χ3v) is 4.41. The van der Waals surface area contributed by atoms with Gasteiger partial charge in [0.1, 0.15) is 11.6 Å². The van der Waals surface area contributed by atoms with E-state index in [2.05, 4.69) is 15.9 Å². The first-order valence-corrected chi connectivity index (χ1v) is 8.45. The predicted octanol–water partition coefficient (Wildman–Crippen LogP) is 2.66. The van der Waals surface area contributed by atoms with Crippen LogP contribution in [0.5, 0.6) is 5.75 Å². The van der Waals surface area contributed by atoms with Crippen molar-refractivity contribution in [1.29, 1.82) is 0 Å². The highest BCUT2D eigenvalue weighted by Gasteiger charge is 2.26. The van der Waals surface area contributed by atoms with Crippen LogP contribution in [-0.4, -0.2) is 61.2 Å². The van der Waals surface area contributed by atoms with E-state index in [0.29, 0.717) is 42.8 Å². The van der Waals surface area contributed by atoms with E-state index in [1.54, 1.807) is 16.7 Å². The number of carbonyl (C=O) groups excluding carboxylic acids is 2. The molecule has 2 rings (SSSR count). The van der Waals surface area contributed by atoms with Crippen LogP contribution in [0.3, 0.4) is 0 Å². The fraction of sp³-hybridized carbons (Fsp3) is 0.500. The zero-order valence-electron chi connectivity index (χ0n) is 13.6. The van der Waals surface area contributed by atoms with Crippen molar-refractivity contribution in [1.82, 2.24) is 9.80 Å². The number of methoxy groups -OCH3 is 1. The van der Waals surface area contributed by atoms with Crippen LogP contribution in [0.1, 0.15) is 13.3 Å². The molecule has 8 heteroatoms. The molecule has 24 heavy (non-hydrogen) atoms. The second-order valence-corrected chi connectivity index (χ2v) is 6.33. The van der Waals surface area contributed by atoms with Gasteiger partial charge in [0, 0.05) is 26.2 Å². The molecule has 1 saturated heterocycles. The van der Waals surface area contributed by atoms with Gasteiger partial charge in [-0.25, -0.2) is 9.18 Å². The fourth-order valence-electron chi connectivity index (χ4n) is 2.52. The van der Waals surface area contributed by atoms with E-state index >= 15 is 0 Å². The molecule has 0 bridgehead atoms. The molecule has 0 N–H and O–H groups in total. The van der Waals surface area contributed by atoms with Gasteiger partial charge < -0.3 is 19.3 Å². The number of benzene rings is 1. The van der Waals surface area contributed by atoms with E-state index in [4.69, 9.17) is 9.47 Å². The van der Waals surface area contributed by atoms with Gasteiger partial charge in [0.05, 0.1) is 11.6 Å². The second kappa shape index (κ2) is 8.32. The number of hydrogen-bond donors (Lipinski definition) is 0. The number of rotatable bonds is 3. The lowest BCUT2D eigenvalue weighted by Gasteiger charge is -2.25. The van der Waals surface area contributed by atoms with Gasteiger partial charge in [-0.1, -0.05) is 0 Å². The first-order chi connectivity index (χ1) is 11.4. The standard InChI is InChI=1S/C16H20BrFN2O4/c1-11(24-14-5-4-12(18)10-13(14)17)15(21)19-6-3-7-20(9-8-19)16(22)23-2/h4-5,10-11H,3,6-9H2,1-2H3. The maximum absolute atomic E-state index is 13.1. The number of nitrogens with zero attached hydrogens (tertiary/aromatic N) is 2. The molecule has 2 amide bonds. The average Bonchev–Trinajstić information content (AvgIpc) is 2.82. The molecule has 1 aromatic rings. The van der Waals surface area contributed by atoms with Crippen LogP contribution in [-0.2, 0) is 9.53 Å². The van der Waals surface area contributed by atoms with Gasteiger partial charge in [-0.3, -0.25) is 4.79 Å². The molecule has 1 heterocycles. The topological polar surface area (TPSA) is 59.1 Å². The van der Waals surface area contributed by atoms with Crippen molar-refractivity contribution in [2.45, 2.75) is 19.4 Å². The normalized spacial score (nSPS) is 16.3. The minimum Gasteiger partial charge on any atom is -0.480 e. The van der Waals surface area contributed by atoms with Crippen molar-refractivity contribution in [3.63, 3.8) is 0 Å². The summed E-state index contributed by atoms with van der Waals surface area (Å²) in [5.74, 6) is -0.148. The Balaban J connectivity index is 1.96. The van der Waals surface area contributed by atoms with Gasteiger partial charge in [0.25, 0.3) is 5.91 Å². The van der Waals surface area contributed by atoms with Gasteiger partial charge in [0.2, 0.25) is 0 Å². The minimum atomic E-state index is -0.712. The smallest absolute Gasteiger partial charge is 0.409 e. The Kier molecular flexibility index (Phi) is 6.42. The van der Waals surface area contributed by atoms with Gasteiger partial charge in [-0.05, 0) is 47.5 Å². The highest BCUT2D eigenvalue weighted by molar-refractivity contribution is 9.10. The average molecular weight is 403 g/mol. The van der Waals surface area contributed by atoms with E-state index in [-0.39, 0.29) is 17.8 Å². The lowest BCUT2D eigenvalue weighted by atomic mass is 10.3. The van der Waals surface area contributed by atoms with Crippen molar-refractivity contribution in [2.24, 2.45) is 0 Å². The fourth-order valence-corrected chi connectivity index (χ4v) is 2.96. The summed E-state index contributed by atoms with van der Waals surface area (Å²) in [4.78, 5) is 27.4. The highest BCUT2D eigenvalue weighted by atomic mass is 79.9. The van der Waals surface area contributed by atoms with Crippen LogP contribution in [0.2, 0.25) is 0 Å². The zero-order chi connectivity index (χ0) is 17.7. The number of ether oxygens (including phenoxy) is 2. The van der Waals surface area contributed by atoms with Crippen LogP contribution < -0.4 is 4.74 Å². The van der Waals surface area contributed by atoms with Crippen LogP contribution in [0.15, 0.2) is 22.7 Å². The number of halogens is 2. The third kappa shape index (κ3) is 4.59. The molecular weight excluding hydrogens is 383 g/mol. The molecule has 1 aliphatic rings. The predicted molar refractivity (Wildman–Crippen MR) is 89.4 cm³/mol. The Morgan fingerprint density at radius 1 is 1.21 bits per heavy atom. The van der Waals surface area contributed by atoms with Crippen LogP contribution in [0, 0.1) is 5.82 Å². The van der Waals surface area contributed by atoms with Gasteiger partial charge in [-0.15, -0.1) is 0 Å². The summed E-state index contributed by atoms with van der Waals surface area (Å²) in [6.45, 7) is 3.60.